The van der Waals surface area contributed by atoms with Gasteiger partial charge in [0, 0.05) is 6.42 Å². The molecule has 0 unspecified atom stereocenters. The summed E-state index contributed by atoms with van der Waals surface area (Å²) in [5.41, 5.74) is 0.648. The minimum absolute atomic E-state index is 0.346. The summed E-state index contributed by atoms with van der Waals surface area (Å²) in [6.45, 7) is 5.78. The maximum atomic E-state index is 11.2. The van der Waals surface area contributed by atoms with Crippen molar-refractivity contribution in [2.24, 2.45) is 0 Å². The maximum absolute atomic E-state index is 11.2. The van der Waals surface area contributed by atoms with Crippen LogP contribution in [0.4, 0.5) is 4.79 Å². The van der Waals surface area contributed by atoms with Crippen LogP contribution in [0.3, 0.4) is 0 Å². The van der Waals surface area contributed by atoms with Crippen molar-refractivity contribution in [2.75, 3.05) is 6.61 Å². The maximum Gasteiger partial charge on any atom is 0.508 e. The monoisotopic (exact) mass is 222 g/mol. The molecular weight excluding hydrogens is 204 g/mol. The molecule has 0 amide bonds. The second-order valence-corrected chi connectivity index (χ2v) is 4.55. The summed E-state index contributed by atoms with van der Waals surface area (Å²) in [6.07, 6.45) is 0.100. The fourth-order valence-electron chi connectivity index (χ4n) is 1.18. The third-order valence-electron chi connectivity index (χ3n) is 1.84. The number of ether oxygens (including phenoxy) is 2. The number of hydrogen-bond donors (Lipinski definition) is 0. The van der Waals surface area contributed by atoms with Crippen molar-refractivity contribution >= 4 is 6.16 Å². The predicted octanol–water partition coefficient (Wildman–Crippen LogP) is 3.18. The first-order chi connectivity index (χ1) is 7.47. The summed E-state index contributed by atoms with van der Waals surface area (Å²) in [5, 5.41) is 0. The van der Waals surface area contributed by atoms with Crippen molar-refractivity contribution in [3.05, 3.63) is 35.9 Å². The van der Waals surface area contributed by atoms with E-state index in [0.29, 0.717) is 13.0 Å². The fraction of sp³-hybridized carbons (Fsp3) is 0.462. The highest BCUT2D eigenvalue weighted by Crippen LogP contribution is 2.08. The molecule has 0 heterocycles. The molecule has 0 N–H and O–H groups in total. The van der Waals surface area contributed by atoms with E-state index < -0.39 is 11.8 Å². The Labute approximate surface area is 96.4 Å². The second-order valence-electron chi connectivity index (χ2n) is 4.55. The van der Waals surface area contributed by atoms with Gasteiger partial charge < -0.3 is 9.47 Å². The molecule has 0 saturated carbocycles. The molecule has 16 heavy (non-hydrogen) atoms. The van der Waals surface area contributed by atoms with Crippen molar-refractivity contribution in [2.45, 2.75) is 32.8 Å². The number of carbonyl (C=O) groups is 1. The molecule has 0 fully saturated rings. The largest absolute Gasteiger partial charge is 0.508 e. The van der Waals surface area contributed by atoms with Gasteiger partial charge in [0.05, 0.1) is 6.61 Å². The lowest BCUT2D eigenvalue weighted by Gasteiger charge is -2.18. The van der Waals surface area contributed by atoms with Gasteiger partial charge in [-0.25, -0.2) is 4.79 Å². The van der Waals surface area contributed by atoms with E-state index in [-0.39, 0.29) is 0 Å². The normalized spacial score (nSPS) is 10.9. The van der Waals surface area contributed by atoms with E-state index in [1.165, 1.54) is 0 Å². The lowest BCUT2D eigenvalue weighted by molar-refractivity contribution is -0.00662. The molecule has 0 bridgehead atoms. The van der Waals surface area contributed by atoms with Crippen LogP contribution in [0.5, 0.6) is 0 Å². The molecule has 3 nitrogen and oxygen atoms in total. The Morgan fingerprint density at radius 2 is 1.81 bits per heavy atom. The molecule has 0 radical (unpaired) electrons. The van der Waals surface area contributed by atoms with Crippen LogP contribution in [-0.4, -0.2) is 18.4 Å². The lowest BCUT2D eigenvalue weighted by Crippen LogP contribution is -2.24. The Kier molecular flexibility index (Phi) is 4.35. The lowest BCUT2D eigenvalue weighted by atomic mass is 10.2. The van der Waals surface area contributed by atoms with E-state index >= 15 is 0 Å². The minimum atomic E-state index is -0.608. The molecule has 0 aliphatic heterocycles. The summed E-state index contributed by atoms with van der Waals surface area (Å²) in [6, 6.07) is 9.88. The number of carbonyl (C=O) groups excluding carboxylic acids is 1. The quantitative estimate of drug-likeness (QED) is 0.737. The van der Waals surface area contributed by atoms with Gasteiger partial charge in [-0.1, -0.05) is 30.3 Å². The summed E-state index contributed by atoms with van der Waals surface area (Å²) in [7, 11) is 0. The van der Waals surface area contributed by atoms with Gasteiger partial charge in [-0.2, -0.15) is 0 Å². The molecule has 0 atom stereocenters. The first-order valence-corrected chi connectivity index (χ1v) is 5.37. The summed E-state index contributed by atoms with van der Waals surface area (Å²) >= 11 is 0. The van der Waals surface area contributed by atoms with Crippen molar-refractivity contribution in [3.63, 3.8) is 0 Å². The Hall–Kier alpha value is -1.51. The highest BCUT2D eigenvalue weighted by molar-refractivity contribution is 5.60. The molecule has 88 valence electrons. The Morgan fingerprint density at radius 1 is 1.19 bits per heavy atom. The Bertz CT molecular complexity index is 325. The number of rotatable bonds is 3. The fourth-order valence-corrected chi connectivity index (χ4v) is 1.18. The average Bonchev–Trinajstić information content (AvgIpc) is 2.16. The molecule has 3 heteroatoms. The molecule has 0 aliphatic rings. The summed E-state index contributed by atoms with van der Waals surface area (Å²) in [4.78, 5) is 11.2. The molecule has 0 aromatic heterocycles. The zero-order chi connectivity index (χ0) is 12.0. The van der Waals surface area contributed by atoms with Crippen LogP contribution in [-0.2, 0) is 15.9 Å². The van der Waals surface area contributed by atoms with Gasteiger partial charge in [-0.15, -0.1) is 0 Å². The Balaban J connectivity index is 2.24. The summed E-state index contributed by atoms with van der Waals surface area (Å²) in [5.74, 6) is 0. The third kappa shape index (κ3) is 5.39. The molecule has 0 aliphatic carbocycles. The van der Waals surface area contributed by atoms with Crippen LogP contribution >= 0.6 is 0 Å². The van der Waals surface area contributed by atoms with Gasteiger partial charge in [-0.3, -0.25) is 0 Å². The van der Waals surface area contributed by atoms with E-state index in [4.69, 9.17) is 9.47 Å². The van der Waals surface area contributed by atoms with Crippen LogP contribution in [0.15, 0.2) is 30.3 Å². The number of benzene rings is 1. The zero-order valence-corrected chi connectivity index (χ0v) is 10.0. The topological polar surface area (TPSA) is 35.5 Å². The molecule has 1 aromatic rings. The van der Waals surface area contributed by atoms with Gasteiger partial charge in [-0.05, 0) is 26.3 Å². The van der Waals surface area contributed by atoms with Crippen LogP contribution in [0.1, 0.15) is 26.3 Å². The highest BCUT2D eigenvalue weighted by Gasteiger charge is 2.16. The van der Waals surface area contributed by atoms with Crippen molar-refractivity contribution in [1.29, 1.82) is 0 Å². The van der Waals surface area contributed by atoms with Crippen LogP contribution in [0.2, 0.25) is 0 Å². The van der Waals surface area contributed by atoms with Gasteiger partial charge >= 0.3 is 6.16 Å². The van der Waals surface area contributed by atoms with Gasteiger partial charge in [0.2, 0.25) is 0 Å². The van der Waals surface area contributed by atoms with Crippen molar-refractivity contribution in [1.82, 2.24) is 0 Å². The molecule has 1 aromatic carbocycles. The zero-order valence-electron chi connectivity index (χ0n) is 10.0. The van der Waals surface area contributed by atoms with Crippen molar-refractivity contribution in [3.8, 4) is 0 Å². The third-order valence-corrected chi connectivity index (χ3v) is 1.84. The predicted molar refractivity (Wildman–Crippen MR) is 62.3 cm³/mol. The second kappa shape index (κ2) is 5.54. The van der Waals surface area contributed by atoms with E-state index in [1.54, 1.807) is 0 Å². The van der Waals surface area contributed by atoms with E-state index in [0.717, 1.165) is 5.56 Å². The smallest absolute Gasteiger partial charge is 0.434 e. The molecule has 0 saturated heterocycles. The van der Waals surface area contributed by atoms with Gasteiger partial charge in [0.25, 0.3) is 0 Å². The minimum Gasteiger partial charge on any atom is -0.434 e. The highest BCUT2D eigenvalue weighted by atomic mass is 16.7. The Morgan fingerprint density at radius 3 is 2.38 bits per heavy atom. The van der Waals surface area contributed by atoms with Crippen LogP contribution in [0, 0.1) is 0 Å². The SMILES string of the molecule is CC(C)(C)OC(=O)OCCc1ccccc1. The summed E-state index contributed by atoms with van der Waals surface area (Å²) < 4.78 is 9.98. The average molecular weight is 222 g/mol. The first kappa shape index (κ1) is 12.6. The van der Waals surface area contributed by atoms with Crippen molar-refractivity contribution < 1.29 is 14.3 Å². The molecular formula is C13H18O3. The standard InChI is InChI=1S/C13H18O3/c1-13(2,3)16-12(14)15-10-9-11-7-5-4-6-8-11/h4-8H,9-10H2,1-3H3. The van der Waals surface area contributed by atoms with Gasteiger partial charge in [0.1, 0.15) is 5.60 Å². The van der Waals surface area contributed by atoms with Crippen LogP contribution < -0.4 is 0 Å². The van der Waals surface area contributed by atoms with E-state index in [1.807, 2.05) is 51.1 Å². The van der Waals surface area contributed by atoms with E-state index in [2.05, 4.69) is 0 Å². The van der Waals surface area contributed by atoms with Gasteiger partial charge in [0.15, 0.2) is 0 Å². The first-order valence-electron chi connectivity index (χ1n) is 5.37. The van der Waals surface area contributed by atoms with E-state index in [9.17, 15) is 4.79 Å². The number of hydrogen-bond acceptors (Lipinski definition) is 3. The molecule has 1 rings (SSSR count). The molecule has 0 spiro atoms. The van der Waals surface area contributed by atoms with Crippen LogP contribution in [0.25, 0.3) is 0 Å².